The molecule has 0 spiro atoms. The van der Waals surface area contributed by atoms with Crippen LogP contribution in [0.25, 0.3) is 0 Å². The van der Waals surface area contributed by atoms with E-state index in [1.165, 1.54) is 6.92 Å². The fourth-order valence-corrected chi connectivity index (χ4v) is 2.54. The Balaban J connectivity index is 2.55. The Kier molecular flexibility index (Phi) is 7.00. The standard InChI is InChI=1S/C14H18NO4P/c1-3-18-20(17)14-8-5-12(6-9-14)4-7-13(10-15)19-11(2)16/h5-6,8-9,13,20H,3-4,7H2,1-2H3. The number of esters is 1. The summed E-state index contributed by atoms with van der Waals surface area (Å²) in [7, 11) is -2.16. The number of hydrogen-bond acceptors (Lipinski definition) is 5. The van der Waals surface area contributed by atoms with Gasteiger partial charge in [-0.05, 0) is 31.0 Å². The third-order valence-electron chi connectivity index (χ3n) is 2.61. The molecule has 5 nitrogen and oxygen atoms in total. The van der Waals surface area contributed by atoms with Crippen molar-refractivity contribution >= 4 is 19.3 Å². The van der Waals surface area contributed by atoms with Gasteiger partial charge in [0.1, 0.15) is 6.07 Å². The van der Waals surface area contributed by atoms with E-state index in [4.69, 9.17) is 14.5 Å². The number of nitrogens with zero attached hydrogens (tertiary/aromatic N) is 1. The monoisotopic (exact) mass is 295 g/mol. The van der Waals surface area contributed by atoms with E-state index in [1.807, 2.05) is 18.2 Å². The summed E-state index contributed by atoms with van der Waals surface area (Å²) < 4.78 is 21.6. The van der Waals surface area contributed by atoms with Gasteiger partial charge in [0.2, 0.25) is 8.03 Å². The molecule has 0 amide bonds. The van der Waals surface area contributed by atoms with Gasteiger partial charge in [-0.3, -0.25) is 9.36 Å². The number of carbonyl (C=O) groups excluding carboxylic acids is 1. The first-order valence-electron chi connectivity index (χ1n) is 6.39. The van der Waals surface area contributed by atoms with E-state index < -0.39 is 20.1 Å². The van der Waals surface area contributed by atoms with E-state index >= 15 is 0 Å². The fourth-order valence-electron chi connectivity index (χ4n) is 1.67. The van der Waals surface area contributed by atoms with Gasteiger partial charge in [0, 0.05) is 18.6 Å². The van der Waals surface area contributed by atoms with Crippen LogP contribution in [0, 0.1) is 11.3 Å². The Morgan fingerprint density at radius 3 is 2.55 bits per heavy atom. The lowest BCUT2D eigenvalue weighted by Gasteiger charge is -2.09. The molecule has 1 rings (SSSR count). The molecule has 108 valence electrons. The van der Waals surface area contributed by atoms with Crippen LogP contribution >= 0.6 is 8.03 Å². The van der Waals surface area contributed by atoms with Crippen LogP contribution in [0.2, 0.25) is 0 Å². The highest BCUT2D eigenvalue weighted by Gasteiger charge is 2.11. The minimum absolute atomic E-state index is 0.422. The fraction of sp³-hybridized carbons (Fsp3) is 0.429. The molecule has 0 heterocycles. The van der Waals surface area contributed by atoms with Crippen molar-refractivity contribution in [3.8, 4) is 6.07 Å². The molecule has 0 aliphatic carbocycles. The van der Waals surface area contributed by atoms with Crippen molar-refractivity contribution in [2.24, 2.45) is 0 Å². The summed E-state index contributed by atoms with van der Waals surface area (Å²) in [6.07, 6.45) is 0.326. The van der Waals surface area contributed by atoms with Crippen LogP contribution in [0.15, 0.2) is 24.3 Å². The lowest BCUT2D eigenvalue weighted by atomic mass is 10.1. The molecule has 0 N–H and O–H groups in total. The maximum atomic E-state index is 11.7. The van der Waals surface area contributed by atoms with Gasteiger partial charge in [0.15, 0.2) is 6.10 Å². The summed E-state index contributed by atoms with van der Waals surface area (Å²) in [6, 6.07) is 9.16. The number of rotatable bonds is 7. The van der Waals surface area contributed by atoms with Crippen molar-refractivity contribution in [1.29, 1.82) is 5.26 Å². The second-order valence-corrected chi connectivity index (χ2v) is 5.62. The van der Waals surface area contributed by atoms with E-state index in [0.717, 1.165) is 5.56 Å². The Morgan fingerprint density at radius 2 is 2.05 bits per heavy atom. The SMILES string of the molecule is CCO[PH](=O)c1ccc(CCC(C#N)OC(C)=O)cc1. The first-order valence-corrected chi connectivity index (χ1v) is 7.71. The normalized spacial score (nSPS) is 13.2. The Labute approximate surface area is 119 Å². The highest BCUT2D eigenvalue weighted by Crippen LogP contribution is 2.21. The average Bonchev–Trinajstić information content (AvgIpc) is 2.44. The van der Waals surface area contributed by atoms with Gasteiger partial charge < -0.3 is 9.26 Å². The van der Waals surface area contributed by atoms with Crippen LogP contribution in [-0.2, 0) is 25.0 Å². The summed E-state index contributed by atoms with van der Waals surface area (Å²) >= 11 is 0. The Hall–Kier alpha value is -1.63. The summed E-state index contributed by atoms with van der Waals surface area (Å²) in [4.78, 5) is 10.8. The van der Waals surface area contributed by atoms with Gasteiger partial charge in [-0.1, -0.05) is 12.1 Å². The third-order valence-corrected chi connectivity index (χ3v) is 3.97. The summed E-state index contributed by atoms with van der Waals surface area (Å²) in [5.41, 5.74) is 0.993. The number of aryl methyl sites for hydroxylation is 1. The quantitative estimate of drug-likeness (QED) is 0.569. The predicted octanol–water partition coefficient (Wildman–Crippen LogP) is 2.21. The molecule has 2 unspecified atom stereocenters. The van der Waals surface area contributed by atoms with Gasteiger partial charge in [-0.2, -0.15) is 5.26 Å². The molecule has 0 saturated carbocycles. The molecule has 0 saturated heterocycles. The van der Waals surface area contributed by atoms with Crippen molar-refractivity contribution in [3.05, 3.63) is 29.8 Å². The number of ether oxygens (including phenoxy) is 1. The summed E-state index contributed by atoms with van der Waals surface area (Å²) in [5.74, 6) is -0.456. The summed E-state index contributed by atoms with van der Waals surface area (Å²) in [5, 5.41) is 9.53. The van der Waals surface area contributed by atoms with E-state index in [9.17, 15) is 9.36 Å². The first kappa shape index (κ1) is 16.4. The molecule has 0 fully saturated rings. The zero-order valence-electron chi connectivity index (χ0n) is 11.6. The van der Waals surface area contributed by atoms with Crippen LogP contribution in [0.4, 0.5) is 0 Å². The number of nitriles is 1. The smallest absolute Gasteiger partial charge is 0.303 e. The van der Waals surface area contributed by atoms with Crippen molar-refractivity contribution < 1.29 is 18.6 Å². The molecule has 20 heavy (non-hydrogen) atoms. The van der Waals surface area contributed by atoms with E-state index in [2.05, 4.69) is 0 Å². The van der Waals surface area contributed by atoms with Gasteiger partial charge >= 0.3 is 5.97 Å². The highest BCUT2D eigenvalue weighted by molar-refractivity contribution is 7.48. The molecule has 1 aromatic carbocycles. The second kappa shape index (κ2) is 8.52. The summed E-state index contributed by atoms with van der Waals surface area (Å²) in [6.45, 7) is 3.50. The van der Waals surface area contributed by atoms with Gasteiger partial charge in [0.25, 0.3) is 0 Å². The molecule has 1 aromatic rings. The van der Waals surface area contributed by atoms with Crippen molar-refractivity contribution in [1.82, 2.24) is 0 Å². The zero-order valence-corrected chi connectivity index (χ0v) is 12.6. The molecule has 2 atom stereocenters. The molecule has 6 heteroatoms. The van der Waals surface area contributed by atoms with E-state index in [1.54, 1.807) is 19.1 Å². The van der Waals surface area contributed by atoms with Gasteiger partial charge in [0.05, 0.1) is 6.61 Å². The number of carbonyl (C=O) groups is 1. The van der Waals surface area contributed by atoms with Crippen LogP contribution in [0.5, 0.6) is 0 Å². The highest BCUT2D eigenvalue weighted by atomic mass is 31.1. The van der Waals surface area contributed by atoms with Crippen LogP contribution in [0.3, 0.4) is 0 Å². The van der Waals surface area contributed by atoms with Crippen LogP contribution < -0.4 is 5.30 Å². The van der Waals surface area contributed by atoms with Gasteiger partial charge in [-0.25, -0.2) is 0 Å². The maximum Gasteiger partial charge on any atom is 0.303 e. The number of benzene rings is 1. The predicted molar refractivity (Wildman–Crippen MR) is 76.2 cm³/mol. The maximum absolute atomic E-state index is 11.7. The second-order valence-electron chi connectivity index (χ2n) is 4.18. The largest absolute Gasteiger partial charge is 0.447 e. The minimum Gasteiger partial charge on any atom is -0.447 e. The first-order chi connectivity index (χ1) is 9.56. The lowest BCUT2D eigenvalue weighted by Crippen LogP contribution is -2.15. The van der Waals surface area contributed by atoms with Crippen LogP contribution in [-0.4, -0.2) is 18.7 Å². The molecular weight excluding hydrogens is 277 g/mol. The van der Waals surface area contributed by atoms with Crippen molar-refractivity contribution in [3.63, 3.8) is 0 Å². The third kappa shape index (κ3) is 5.56. The zero-order chi connectivity index (χ0) is 15.0. The van der Waals surface area contributed by atoms with Crippen molar-refractivity contribution in [2.45, 2.75) is 32.8 Å². The molecule has 0 bridgehead atoms. The lowest BCUT2D eigenvalue weighted by molar-refractivity contribution is -0.144. The van der Waals surface area contributed by atoms with E-state index in [-0.39, 0.29) is 0 Å². The molecule has 0 aliphatic heterocycles. The molecular formula is C14H18NO4P. The Bertz CT molecular complexity index is 507. The minimum atomic E-state index is -2.16. The van der Waals surface area contributed by atoms with Crippen LogP contribution in [0.1, 0.15) is 25.8 Å². The van der Waals surface area contributed by atoms with E-state index in [0.29, 0.717) is 24.8 Å². The number of hydrogen-bond donors (Lipinski definition) is 0. The average molecular weight is 295 g/mol. The molecule has 0 aliphatic rings. The Morgan fingerprint density at radius 1 is 1.40 bits per heavy atom. The van der Waals surface area contributed by atoms with Crippen molar-refractivity contribution in [2.75, 3.05) is 6.61 Å². The molecule has 0 radical (unpaired) electrons. The molecule has 0 aromatic heterocycles. The van der Waals surface area contributed by atoms with Gasteiger partial charge in [-0.15, -0.1) is 0 Å². The topological polar surface area (TPSA) is 76.4 Å².